The lowest BCUT2D eigenvalue weighted by Gasteiger charge is -2.38. The molecule has 0 aliphatic heterocycles. The number of nitrogens with one attached hydrogen (secondary N) is 2. The Bertz CT molecular complexity index is 1010. The van der Waals surface area contributed by atoms with Crippen molar-refractivity contribution in [3.63, 3.8) is 0 Å². The number of hydrogen-bond donors (Lipinski definition) is 2. The van der Waals surface area contributed by atoms with E-state index in [9.17, 15) is 19.2 Å². The second kappa shape index (κ2) is 15.0. The molecule has 9 nitrogen and oxygen atoms in total. The van der Waals surface area contributed by atoms with Gasteiger partial charge in [-0.1, -0.05) is 38.0 Å². The van der Waals surface area contributed by atoms with Crippen LogP contribution < -0.4 is 10.6 Å². The Morgan fingerprint density at radius 3 is 2.24 bits per heavy atom. The molecular formula is C29H43N3O6. The summed E-state index contributed by atoms with van der Waals surface area (Å²) in [5.41, 5.74) is 0.170. The molecule has 0 heterocycles. The molecule has 0 bridgehead atoms. The minimum atomic E-state index is -1.10. The number of terminal acetylenes is 1. The van der Waals surface area contributed by atoms with Gasteiger partial charge in [0.1, 0.15) is 17.7 Å². The van der Waals surface area contributed by atoms with Crippen LogP contribution in [0.25, 0.3) is 0 Å². The van der Waals surface area contributed by atoms with Gasteiger partial charge < -0.3 is 25.0 Å². The Kier molecular flexibility index (Phi) is 12.8. The summed E-state index contributed by atoms with van der Waals surface area (Å²) < 4.78 is 10.3. The number of carbonyl (C=O) groups is 4. The molecular weight excluding hydrogens is 486 g/mol. The van der Waals surface area contributed by atoms with Crippen LogP contribution in [0.15, 0.2) is 24.3 Å². The molecule has 2 atom stereocenters. The highest BCUT2D eigenvalue weighted by Crippen LogP contribution is 2.28. The topological polar surface area (TPSA) is 114 Å². The first-order chi connectivity index (χ1) is 17.7. The third kappa shape index (κ3) is 10.4. The van der Waals surface area contributed by atoms with Gasteiger partial charge in [0.25, 0.3) is 0 Å². The zero-order valence-electron chi connectivity index (χ0n) is 23.9. The van der Waals surface area contributed by atoms with Crippen molar-refractivity contribution < 1.29 is 28.7 Å². The normalized spacial score (nSPS) is 12.8. The molecule has 2 unspecified atom stereocenters. The van der Waals surface area contributed by atoms with Gasteiger partial charge in [-0.2, -0.15) is 0 Å². The van der Waals surface area contributed by atoms with Gasteiger partial charge in [-0.05, 0) is 65.5 Å². The lowest BCUT2D eigenvalue weighted by atomic mass is 9.95. The molecule has 0 spiro atoms. The number of esters is 1. The summed E-state index contributed by atoms with van der Waals surface area (Å²) in [6.07, 6.45) is 5.33. The van der Waals surface area contributed by atoms with Crippen LogP contribution in [0.3, 0.4) is 0 Å². The van der Waals surface area contributed by atoms with Gasteiger partial charge in [0.05, 0.1) is 13.0 Å². The quantitative estimate of drug-likeness (QED) is 0.313. The van der Waals surface area contributed by atoms with Crippen LogP contribution >= 0.6 is 0 Å². The highest BCUT2D eigenvalue weighted by Gasteiger charge is 2.38. The van der Waals surface area contributed by atoms with E-state index in [1.54, 1.807) is 65.8 Å². The van der Waals surface area contributed by atoms with Gasteiger partial charge >= 0.3 is 12.1 Å². The second-order valence-corrected chi connectivity index (χ2v) is 10.6. The van der Waals surface area contributed by atoms with E-state index in [0.29, 0.717) is 17.5 Å². The highest BCUT2D eigenvalue weighted by molar-refractivity contribution is 5.93. The second-order valence-electron chi connectivity index (χ2n) is 10.6. The number of nitrogens with zero attached hydrogens (tertiary/aromatic N) is 1. The fourth-order valence-electron chi connectivity index (χ4n) is 3.90. The molecule has 2 N–H and O–H groups in total. The van der Waals surface area contributed by atoms with E-state index in [-0.39, 0.29) is 25.5 Å². The van der Waals surface area contributed by atoms with E-state index < -0.39 is 47.6 Å². The molecule has 0 aromatic heterocycles. The Labute approximate surface area is 227 Å². The molecule has 1 aromatic rings. The maximum atomic E-state index is 14.1. The summed E-state index contributed by atoms with van der Waals surface area (Å²) in [6.45, 7) is 14.6. The molecule has 1 aromatic carbocycles. The minimum absolute atomic E-state index is 0.0190. The Morgan fingerprint density at radius 2 is 1.71 bits per heavy atom. The Hall–Kier alpha value is -3.54. The summed E-state index contributed by atoms with van der Waals surface area (Å²) in [6, 6.07) is 4.40. The number of carbonyl (C=O) groups excluding carboxylic acids is 4. The summed E-state index contributed by atoms with van der Waals surface area (Å²) in [4.78, 5) is 53.5. The summed E-state index contributed by atoms with van der Waals surface area (Å²) >= 11 is 0. The predicted molar refractivity (Wildman–Crippen MR) is 146 cm³/mol. The van der Waals surface area contributed by atoms with E-state index in [4.69, 9.17) is 15.9 Å². The Balaban J connectivity index is 3.47. The molecule has 38 heavy (non-hydrogen) atoms. The fourth-order valence-corrected chi connectivity index (χ4v) is 3.90. The first kappa shape index (κ1) is 32.5. The van der Waals surface area contributed by atoms with Crippen molar-refractivity contribution in [2.45, 2.75) is 92.0 Å². The van der Waals surface area contributed by atoms with E-state index in [1.165, 1.54) is 4.90 Å². The smallest absolute Gasteiger partial charge is 0.408 e. The average Bonchev–Trinajstić information content (AvgIpc) is 2.80. The number of ether oxygens (including phenoxy) is 2. The molecule has 0 aliphatic rings. The van der Waals surface area contributed by atoms with Crippen LogP contribution in [0.5, 0.6) is 0 Å². The maximum Gasteiger partial charge on any atom is 0.408 e. The molecule has 0 aliphatic carbocycles. The zero-order chi connectivity index (χ0) is 29.0. The van der Waals surface area contributed by atoms with Crippen LogP contribution in [0, 0.1) is 18.3 Å². The molecule has 0 fully saturated rings. The van der Waals surface area contributed by atoms with Gasteiger partial charge in [-0.25, -0.2) is 4.79 Å². The number of amides is 3. The van der Waals surface area contributed by atoms with Gasteiger partial charge in [0.2, 0.25) is 11.8 Å². The van der Waals surface area contributed by atoms with Gasteiger partial charge in [-0.15, -0.1) is 6.42 Å². The molecule has 0 saturated carbocycles. The zero-order valence-corrected chi connectivity index (χ0v) is 23.9. The monoisotopic (exact) mass is 529 g/mol. The van der Waals surface area contributed by atoms with Gasteiger partial charge in [0.15, 0.2) is 0 Å². The maximum absolute atomic E-state index is 14.1. The molecule has 3 amide bonds. The van der Waals surface area contributed by atoms with Crippen LogP contribution in [0.2, 0.25) is 0 Å². The Morgan fingerprint density at radius 1 is 1.08 bits per heavy atom. The number of alkyl carbamates (subject to hydrolysis) is 1. The SMILES string of the molecule is C#Cc1ccccc1C(C(=O)NCCC(=O)OCC)N(C(=O)C(CC(C)C)NC(=O)OC(C)(C)C)C(C)C. The number of hydrogen-bond acceptors (Lipinski definition) is 6. The van der Waals surface area contributed by atoms with Crippen molar-refractivity contribution in [1.29, 1.82) is 0 Å². The van der Waals surface area contributed by atoms with E-state index in [0.717, 1.165) is 0 Å². The van der Waals surface area contributed by atoms with E-state index in [2.05, 4.69) is 16.6 Å². The first-order valence-corrected chi connectivity index (χ1v) is 13.0. The lowest BCUT2D eigenvalue weighted by Crippen LogP contribution is -2.55. The molecule has 0 radical (unpaired) electrons. The van der Waals surface area contributed by atoms with Gasteiger partial charge in [-0.3, -0.25) is 14.4 Å². The first-order valence-electron chi connectivity index (χ1n) is 13.0. The molecule has 210 valence electrons. The summed E-state index contributed by atoms with van der Waals surface area (Å²) in [5, 5.41) is 5.45. The van der Waals surface area contributed by atoms with Crippen molar-refractivity contribution in [2.24, 2.45) is 5.92 Å². The lowest BCUT2D eigenvalue weighted by molar-refractivity contribution is -0.145. The molecule has 0 saturated heterocycles. The fraction of sp³-hybridized carbons (Fsp3) is 0.586. The number of benzene rings is 1. The number of rotatable bonds is 12. The van der Waals surface area contributed by atoms with Gasteiger partial charge in [0, 0.05) is 18.2 Å². The van der Waals surface area contributed by atoms with Crippen molar-refractivity contribution in [3.8, 4) is 12.3 Å². The predicted octanol–water partition coefficient (Wildman–Crippen LogP) is 3.95. The molecule has 9 heteroatoms. The van der Waals surface area contributed by atoms with Crippen molar-refractivity contribution >= 4 is 23.9 Å². The van der Waals surface area contributed by atoms with Crippen molar-refractivity contribution in [1.82, 2.24) is 15.5 Å². The minimum Gasteiger partial charge on any atom is -0.466 e. The van der Waals surface area contributed by atoms with E-state index >= 15 is 0 Å². The van der Waals surface area contributed by atoms with Crippen LogP contribution in [-0.4, -0.2) is 59.6 Å². The van der Waals surface area contributed by atoms with Crippen LogP contribution in [0.1, 0.15) is 85.4 Å². The van der Waals surface area contributed by atoms with Crippen molar-refractivity contribution in [3.05, 3.63) is 35.4 Å². The highest BCUT2D eigenvalue weighted by atomic mass is 16.6. The molecule has 1 rings (SSSR count). The van der Waals surface area contributed by atoms with Crippen LogP contribution in [0.4, 0.5) is 4.79 Å². The van der Waals surface area contributed by atoms with Crippen molar-refractivity contribution in [2.75, 3.05) is 13.2 Å². The largest absolute Gasteiger partial charge is 0.466 e. The standard InChI is InChI=1S/C29H43N3O6/c1-10-21-14-12-13-15-22(21)25(26(34)30-17-16-24(33)37-11-2)32(20(5)6)27(35)23(18-19(3)4)31-28(36)38-29(7,8)9/h1,12-15,19-20,23,25H,11,16-18H2,2-9H3,(H,30,34)(H,31,36). The summed E-state index contributed by atoms with van der Waals surface area (Å²) in [5.74, 6) is 1.26. The average molecular weight is 530 g/mol. The van der Waals surface area contributed by atoms with Crippen LogP contribution in [-0.2, 0) is 23.9 Å². The third-order valence-electron chi connectivity index (χ3n) is 5.38. The third-order valence-corrected chi connectivity index (χ3v) is 5.38. The van der Waals surface area contributed by atoms with E-state index in [1.807, 2.05) is 13.8 Å². The summed E-state index contributed by atoms with van der Waals surface area (Å²) in [7, 11) is 0.